The average Bonchev–Trinajstić information content (AvgIpc) is 2.99. The van der Waals surface area contributed by atoms with E-state index >= 15 is 0 Å². The third-order valence-electron chi connectivity index (χ3n) is 16.3. The smallest absolute Gasteiger partial charge is 0.220 e. The highest BCUT2D eigenvalue weighted by Gasteiger charge is 2.53. The Morgan fingerprint density at radius 3 is 1.30 bits per heavy atom. The second-order valence-electron chi connectivity index (χ2n) is 23.6. The molecule has 0 spiro atoms. The molecule has 17 unspecified atom stereocenters. The lowest BCUT2D eigenvalue weighted by Crippen LogP contribution is -2.66. The minimum atomic E-state index is -1.98. The van der Waals surface area contributed by atoms with Crippen LogP contribution >= 0.6 is 0 Å². The Morgan fingerprint density at radius 2 is 0.810 bits per heavy atom. The molecular weight excluding hydrogens is 1080 g/mol. The van der Waals surface area contributed by atoms with Crippen molar-refractivity contribution < 1.29 is 89.4 Å². The Kier molecular flexibility index (Phi) is 43.2. The summed E-state index contributed by atoms with van der Waals surface area (Å²) in [5.74, 6) is -0.288. The van der Waals surface area contributed by atoms with Crippen molar-refractivity contribution >= 4 is 5.91 Å². The molecule has 3 aliphatic rings. The zero-order chi connectivity index (χ0) is 61.2. The lowest BCUT2D eigenvalue weighted by atomic mass is 9.96. The molecular formula is C65H117NO18. The summed E-state index contributed by atoms with van der Waals surface area (Å²) in [6, 6.07) is -0.986. The van der Waals surface area contributed by atoms with Crippen molar-refractivity contribution in [3.05, 3.63) is 48.6 Å². The monoisotopic (exact) mass is 1200 g/mol. The van der Waals surface area contributed by atoms with Crippen LogP contribution in [0.5, 0.6) is 0 Å². The lowest BCUT2D eigenvalue weighted by molar-refractivity contribution is -0.379. The summed E-state index contributed by atoms with van der Waals surface area (Å²) in [6.45, 7) is 1.61. The second-order valence-corrected chi connectivity index (χ2v) is 23.6. The summed E-state index contributed by atoms with van der Waals surface area (Å²) in [6.07, 6.45) is 28.7. The third kappa shape index (κ3) is 30.3. The molecule has 0 aromatic heterocycles. The molecule has 0 aromatic rings. The molecule has 19 nitrogen and oxygen atoms in total. The zero-order valence-electron chi connectivity index (χ0n) is 51.4. The number of amides is 1. The minimum Gasteiger partial charge on any atom is -0.394 e. The molecule has 3 aliphatic heterocycles. The largest absolute Gasteiger partial charge is 0.394 e. The molecule has 0 saturated carbocycles. The van der Waals surface area contributed by atoms with Gasteiger partial charge in [-0.3, -0.25) is 4.79 Å². The van der Waals surface area contributed by atoms with Crippen molar-refractivity contribution in [1.29, 1.82) is 0 Å². The molecule has 84 heavy (non-hydrogen) atoms. The maximum atomic E-state index is 13.3. The highest BCUT2D eigenvalue weighted by Crippen LogP contribution is 2.33. The van der Waals surface area contributed by atoms with Gasteiger partial charge in [-0.2, -0.15) is 0 Å². The summed E-state index contributed by atoms with van der Waals surface area (Å²) in [5, 5.41) is 120. The van der Waals surface area contributed by atoms with Gasteiger partial charge in [0.1, 0.15) is 73.2 Å². The fourth-order valence-electron chi connectivity index (χ4n) is 10.9. The predicted molar refractivity (Wildman–Crippen MR) is 323 cm³/mol. The summed E-state index contributed by atoms with van der Waals surface area (Å²) in [4.78, 5) is 13.3. The molecule has 0 aromatic carbocycles. The van der Waals surface area contributed by atoms with Crippen LogP contribution in [0.15, 0.2) is 48.6 Å². The van der Waals surface area contributed by atoms with Crippen molar-refractivity contribution in [1.82, 2.24) is 5.32 Å². The number of aliphatic hydroxyl groups is 11. The number of nitrogens with one attached hydrogen (secondary N) is 1. The third-order valence-corrected chi connectivity index (χ3v) is 16.3. The summed E-state index contributed by atoms with van der Waals surface area (Å²) < 4.78 is 34.2. The van der Waals surface area contributed by atoms with E-state index in [1.165, 1.54) is 141 Å². The predicted octanol–water partition coefficient (Wildman–Crippen LogP) is 7.43. The van der Waals surface area contributed by atoms with E-state index in [2.05, 4.69) is 55.6 Å². The molecule has 3 rings (SSSR count). The van der Waals surface area contributed by atoms with E-state index in [9.17, 15) is 61.0 Å². The summed E-state index contributed by atoms with van der Waals surface area (Å²) in [7, 11) is 0. The zero-order valence-corrected chi connectivity index (χ0v) is 51.4. The maximum Gasteiger partial charge on any atom is 0.220 e. The molecule has 12 N–H and O–H groups in total. The Labute approximate surface area is 503 Å². The van der Waals surface area contributed by atoms with Crippen LogP contribution in [-0.4, -0.2) is 193 Å². The van der Waals surface area contributed by atoms with Gasteiger partial charge in [0.15, 0.2) is 18.9 Å². The minimum absolute atomic E-state index is 0.236. The van der Waals surface area contributed by atoms with Crippen LogP contribution in [0.3, 0.4) is 0 Å². The topological polar surface area (TPSA) is 307 Å². The van der Waals surface area contributed by atoms with E-state index in [1.54, 1.807) is 6.08 Å². The molecule has 1 amide bonds. The van der Waals surface area contributed by atoms with Crippen LogP contribution in [-0.2, 0) is 33.2 Å². The molecule has 490 valence electrons. The maximum absolute atomic E-state index is 13.3. The van der Waals surface area contributed by atoms with Crippen LogP contribution in [0.4, 0.5) is 0 Å². The Hall–Kier alpha value is -2.25. The first kappa shape index (κ1) is 76.0. The van der Waals surface area contributed by atoms with Crippen molar-refractivity contribution in [3.8, 4) is 0 Å². The van der Waals surface area contributed by atoms with Gasteiger partial charge in [0, 0.05) is 6.42 Å². The van der Waals surface area contributed by atoms with Gasteiger partial charge in [-0.25, -0.2) is 0 Å². The number of allylic oxidation sites excluding steroid dienone is 7. The van der Waals surface area contributed by atoms with Gasteiger partial charge in [0.2, 0.25) is 5.91 Å². The van der Waals surface area contributed by atoms with Gasteiger partial charge in [-0.15, -0.1) is 0 Å². The first-order valence-electron chi connectivity index (χ1n) is 32.9. The number of rotatable bonds is 49. The van der Waals surface area contributed by atoms with Crippen molar-refractivity contribution in [3.63, 3.8) is 0 Å². The van der Waals surface area contributed by atoms with Crippen LogP contribution in [0.25, 0.3) is 0 Å². The second kappa shape index (κ2) is 47.7. The van der Waals surface area contributed by atoms with E-state index in [0.29, 0.717) is 12.8 Å². The lowest BCUT2D eigenvalue weighted by Gasteiger charge is -2.48. The number of carbonyl (C=O) groups excluding carboxylic acids is 1. The van der Waals surface area contributed by atoms with E-state index < -0.39 is 124 Å². The number of ether oxygens (including phenoxy) is 6. The SMILES string of the molecule is CCCC/C=C/CC/C=C/C(O)C(COC1OC(CO)C(OC2OC(CO)C(OC3OC(CO)C(O)C(O)C3O)C(O)C2O)C(O)C1O)NC(=O)CCCCCCCCCCCCCCCCCCCCC/C=C\C/C=C\CCCCCCC. The normalized spacial score (nSPS) is 29.5. The summed E-state index contributed by atoms with van der Waals surface area (Å²) in [5.41, 5.74) is 0. The molecule has 3 heterocycles. The van der Waals surface area contributed by atoms with Gasteiger partial charge in [-0.05, 0) is 57.8 Å². The Bertz CT molecular complexity index is 1720. The number of carbonyl (C=O) groups is 1. The standard InChI is InChI=1S/C65H117NO18/c1-3-5-7-9-11-13-14-15-16-17-18-19-20-21-22-23-24-25-26-27-28-29-30-31-32-33-34-35-37-39-41-43-53(71)66-48(49(70)42-40-38-36-12-10-8-6-4-2)47-79-63-59(77)56(74)61(51(45-68)81-63)84-65-60(78)57(75)62(52(46-69)82-65)83-64-58(76)55(73)54(72)50(44-67)80-64/h10,12,14-15,17-18,40,42,48-52,54-65,67-70,72-78H,3-9,11,13,16,19-39,41,43-47H2,1-2H3,(H,66,71)/b12-10+,15-14-,18-17-,42-40+. The number of aliphatic hydroxyl groups excluding tert-OH is 11. The Balaban J connectivity index is 1.33. The molecule has 0 radical (unpaired) electrons. The molecule has 19 heteroatoms. The van der Waals surface area contributed by atoms with Gasteiger partial charge in [0.25, 0.3) is 0 Å². The van der Waals surface area contributed by atoms with Crippen LogP contribution in [0, 0.1) is 0 Å². The Morgan fingerprint density at radius 1 is 0.429 bits per heavy atom. The van der Waals surface area contributed by atoms with E-state index in [4.69, 9.17) is 28.4 Å². The van der Waals surface area contributed by atoms with Gasteiger partial charge in [-0.1, -0.05) is 210 Å². The van der Waals surface area contributed by atoms with Crippen LogP contribution < -0.4 is 5.32 Å². The van der Waals surface area contributed by atoms with Crippen molar-refractivity contribution in [2.75, 3.05) is 26.4 Å². The average molecular weight is 1200 g/mol. The molecule has 0 bridgehead atoms. The first-order valence-corrected chi connectivity index (χ1v) is 32.9. The highest BCUT2D eigenvalue weighted by molar-refractivity contribution is 5.76. The molecule has 0 aliphatic carbocycles. The number of hydrogen-bond acceptors (Lipinski definition) is 18. The van der Waals surface area contributed by atoms with E-state index in [1.807, 2.05) is 6.08 Å². The van der Waals surface area contributed by atoms with Gasteiger partial charge in [0.05, 0.1) is 38.6 Å². The van der Waals surface area contributed by atoms with E-state index in [0.717, 1.165) is 51.4 Å². The number of hydrogen-bond donors (Lipinski definition) is 12. The fraction of sp³-hybridized carbons (Fsp3) is 0.862. The first-order chi connectivity index (χ1) is 40.8. The number of unbranched alkanes of at least 4 members (excludes halogenated alkanes) is 27. The van der Waals surface area contributed by atoms with Crippen molar-refractivity contribution in [2.45, 2.75) is 330 Å². The van der Waals surface area contributed by atoms with E-state index in [-0.39, 0.29) is 18.9 Å². The quantitative estimate of drug-likeness (QED) is 0.0208. The highest BCUT2D eigenvalue weighted by atomic mass is 16.8. The van der Waals surface area contributed by atoms with Crippen LogP contribution in [0.2, 0.25) is 0 Å². The van der Waals surface area contributed by atoms with Gasteiger partial charge < -0.3 is 89.9 Å². The van der Waals surface area contributed by atoms with Crippen LogP contribution in [0.1, 0.15) is 226 Å². The fourth-order valence-corrected chi connectivity index (χ4v) is 10.9. The van der Waals surface area contributed by atoms with Crippen molar-refractivity contribution in [2.24, 2.45) is 0 Å². The summed E-state index contributed by atoms with van der Waals surface area (Å²) >= 11 is 0. The van der Waals surface area contributed by atoms with Gasteiger partial charge >= 0.3 is 0 Å². The molecule has 3 saturated heterocycles. The molecule has 3 fully saturated rings. The molecule has 17 atom stereocenters.